The Morgan fingerprint density at radius 3 is 2.74 bits per heavy atom. The Hall–Kier alpha value is -1.85. The van der Waals surface area contributed by atoms with Crippen LogP contribution in [0.4, 0.5) is 11.5 Å². The van der Waals surface area contributed by atoms with E-state index in [0.717, 1.165) is 6.42 Å². The molecule has 1 aromatic heterocycles. The molecule has 0 aliphatic rings. The first-order chi connectivity index (χ1) is 10.9. The van der Waals surface area contributed by atoms with Crippen molar-refractivity contribution in [3.63, 3.8) is 0 Å². The SMILES string of the molecule is CCC(C)NC(=O)c1cc(Nc2cccc(Cl)c2Cl)nc(C)n1. The van der Waals surface area contributed by atoms with Gasteiger partial charge in [-0.05, 0) is 32.4 Å². The lowest BCUT2D eigenvalue weighted by molar-refractivity contribution is 0.0934. The van der Waals surface area contributed by atoms with Crippen LogP contribution in [0, 0.1) is 6.92 Å². The van der Waals surface area contributed by atoms with Crippen LogP contribution < -0.4 is 10.6 Å². The van der Waals surface area contributed by atoms with Crippen LogP contribution in [0.25, 0.3) is 0 Å². The van der Waals surface area contributed by atoms with Gasteiger partial charge in [-0.3, -0.25) is 4.79 Å². The van der Waals surface area contributed by atoms with Crippen molar-refractivity contribution in [2.45, 2.75) is 33.2 Å². The number of anilines is 2. The monoisotopic (exact) mass is 352 g/mol. The molecule has 0 aliphatic heterocycles. The van der Waals surface area contributed by atoms with Gasteiger partial charge in [0.15, 0.2) is 0 Å². The number of hydrogen-bond acceptors (Lipinski definition) is 4. The zero-order chi connectivity index (χ0) is 17.0. The first kappa shape index (κ1) is 17.5. The van der Waals surface area contributed by atoms with Crippen molar-refractivity contribution >= 4 is 40.6 Å². The van der Waals surface area contributed by atoms with Crippen molar-refractivity contribution < 1.29 is 4.79 Å². The summed E-state index contributed by atoms with van der Waals surface area (Å²) in [7, 11) is 0. The van der Waals surface area contributed by atoms with E-state index >= 15 is 0 Å². The van der Waals surface area contributed by atoms with Crippen molar-refractivity contribution in [1.82, 2.24) is 15.3 Å². The van der Waals surface area contributed by atoms with Crippen LogP contribution >= 0.6 is 23.2 Å². The molecule has 0 spiro atoms. The topological polar surface area (TPSA) is 66.9 Å². The summed E-state index contributed by atoms with van der Waals surface area (Å²) in [5.41, 5.74) is 0.920. The van der Waals surface area contributed by atoms with Crippen molar-refractivity contribution in [1.29, 1.82) is 0 Å². The molecule has 7 heteroatoms. The minimum Gasteiger partial charge on any atom is -0.348 e. The molecule has 0 bridgehead atoms. The van der Waals surface area contributed by atoms with Crippen LogP contribution in [-0.2, 0) is 0 Å². The molecule has 0 aliphatic carbocycles. The largest absolute Gasteiger partial charge is 0.348 e. The predicted octanol–water partition coefficient (Wildman–Crippen LogP) is 4.36. The van der Waals surface area contributed by atoms with E-state index in [1.807, 2.05) is 13.8 Å². The van der Waals surface area contributed by atoms with Gasteiger partial charge in [0.25, 0.3) is 5.91 Å². The highest BCUT2D eigenvalue weighted by Crippen LogP contribution is 2.31. The molecule has 2 rings (SSSR count). The number of hydrogen-bond donors (Lipinski definition) is 2. The summed E-state index contributed by atoms with van der Waals surface area (Å²) in [4.78, 5) is 20.7. The Morgan fingerprint density at radius 2 is 2.04 bits per heavy atom. The Bertz CT molecular complexity index is 721. The molecule has 23 heavy (non-hydrogen) atoms. The predicted molar refractivity (Wildman–Crippen MR) is 93.7 cm³/mol. The summed E-state index contributed by atoms with van der Waals surface area (Å²) in [6, 6.07) is 6.93. The van der Waals surface area contributed by atoms with Crippen LogP contribution in [0.3, 0.4) is 0 Å². The standard InChI is InChI=1S/C16H18Cl2N4O/c1-4-9(2)19-16(23)13-8-14(21-10(3)20-13)22-12-7-5-6-11(17)15(12)18/h5-9H,4H2,1-3H3,(H,19,23)(H,20,21,22). The van der Waals surface area contributed by atoms with Gasteiger partial charge in [0, 0.05) is 12.1 Å². The summed E-state index contributed by atoms with van der Waals surface area (Å²) in [5, 5.41) is 6.79. The number of benzene rings is 1. The molecule has 2 N–H and O–H groups in total. The van der Waals surface area contributed by atoms with E-state index in [4.69, 9.17) is 23.2 Å². The van der Waals surface area contributed by atoms with E-state index < -0.39 is 0 Å². The summed E-state index contributed by atoms with van der Waals surface area (Å²) in [6.45, 7) is 5.67. The third-order valence-electron chi connectivity index (χ3n) is 3.27. The van der Waals surface area contributed by atoms with Crippen LogP contribution in [0.2, 0.25) is 10.0 Å². The molecule has 1 amide bonds. The minimum absolute atomic E-state index is 0.0801. The normalized spacial score (nSPS) is 11.9. The van der Waals surface area contributed by atoms with Gasteiger partial charge < -0.3 is 10.6 Å². The Kier molecular flexibility index (Phi) is 5.80. The highest BCUT2D eigenvalue weighted by atomic mass is 35.5. The fraction of sp³-hybridized carbons (Fsp3) is 0.312. The van der Waals surface area contributed by atoms with Crippen molar-refractivity contribution in [2.75, 3.05) is 5.32 Å². The van der Waals surface area contributed by atoms with E-state index in [9.17, 15) is 4.79 Å². The lowest BCUT2D eigenvalue weighted by Gasteiger charge is -2.13. The first-order valence-electron chi connectivity index (χ1n) is 7.28. The fourth-order valence-corrected chi connectivity index (χ4v) is 2.23. The number of nitrogens with zero attached hydrogens (tertiary/aromatic N) is 2. The minimum atomic E-state index is -0.231. The zero-order valence-corrected chi connectivity index (χ0v) is 14.7. The number of nitrogens with one attached hydrogen (secondary N) is 2. The number of amides is 1. The number of rotatable bonds is 5. The van der Waals surface area contributed by atoms with E-state index in [1.54, 1.807) is 31.2 Å². The number of carbonyl (C=O) groups is 1. The molecule has 1 aromatic carbocycles. The van der Waals surface area contributed by atoms with Gasteiger partial charge in [0.1, 0.15) is 17.3 Å². The van der Waals surface area contributed by atoms with Gasteiger partial charge >= 0.3 is 0 Å². The zero-order valence-electron chi connectivity index (χ0n) is 13.2. The van der Waals surface area contributed by atoms with Crippen LogP contribution in [0.1, 0.15) is 36.6 Å². The van der Waals surface area contributed by atoms with Crippen LogP contribution in [0.15, 0.2) is 24.3 Å². The van der Waals surface area contributed by atoms with E-state index in [1.165, 1.54) is 0 Å². The smallest absolute Gasteiger partial charge is 0.270 e. The fourth-order valence-electron chi connectivity index (χ4n) is 1.89. The summed E-state index contributed by atoms with van der Waals surface area (Å²) in [5.74, 6) is 0.739. The molecule has 1 atom stereocenters. The average molecular weight is 353 g/mol. The summed E-state index contributed by atoms with van der Waals surface area (Å²) < 4.78 is 0. The molecule has 0 fully saturated rings. The van der Waals surface area contributed by atoms with Crippen LogP contribution in [-0.4, -0.2) is 21.9 Å². The quantitative estimate of drug-likeness (QED) is 0.838. The number of aryl methyl sites for hydroxylation is 1. The second-order valence-electron chi connectivity index (χ2n) is 5.19. The molecular formula is C16H18Cl2N4O. The van der Waals surface area contributed by atoms with Gasteiger partial charge in [-0.15, -0.1) is 0 Å². The molecule has 2 aromatic rings. The highest BCUT2D eigenvalue weighted by molar-refractivity contribution is 6.43. The Morgan fingerprint density at radius 1 is 1.30 bits per heavy atom. The molecule has 0 saturated heterocycles. The molecule has 0 radical (unpaired) electrons. The third-order valence-corrected chi connectivity index (χ3v) is 4.09. The lowest BCUT2D eigenvalue weighted by atomic mass is 10.2. The average Bonchev–Trinajstić information content (AvgIpc) is 2.51. The van der Waals surface area contributed by atoms with Gasteiger partial charge in [-0.25, -0.2) is 9.97 Å². The number of halogens is 2. The van der Waals surface area contributed by atoms with Gasteiger partial charge in [0.2, 0.25) is 0 Å². The van der Waals surface area contributed by atoms with E-state index in [0.29, 0.717) is 33.1 Å². The Labute approximate surface area is 145 Å². The maximum atomic E-state index is 12.2. The van der Waals surface area contributed by atoms with Crippen molar-refractivity contribution in [3.05, 3.63) is 45.8 Å². The van der Waals surface area contributed by atoms with Crippen molar-refractivity contribution in [3.8, 4) is 0 Å². The molecule has 5 nitrogen and oxygen atoms in total. The van der Waals surface area contributed by atoms with E-state index in [-0.39, 0.29) is 11.9 Å². The maximum Gasteiger partial charge on any atom is 0.270 e. The molecule has 1 unspecified atom stereocenters. The first-order valence-corrected chi connectivity index (χ1v) is 8.04. The molecule has 0 saturated carbocycles. The second kappa shape index (κ2) is 7.62. The lowest BCUT2D eigenvalue weighted by Crippen LogP contribution is -2.32. The molecule has 122 valence electrons. The van der Waals surface area contributed by atoms with Gasteiger partial charge in [0.05, 0.1) is 15.7 Å². The second-order valence-corrected chi connectivity index (χ2v) is 5.98. The van der Waals surface area contributed by atoms with Gasteiger partial charge in [-0.1, -0.05) is 36.2 Å². The highest BCUT2D eigenvalue weighted by Gasteiger charge is 2.13. The van der Waals surface area contributed by atoms with E-state index in [2.05, 4.69) is 20.6 Å². The van der Waals surface area contributed by atoms with Crippen molar-refractivity contribution in [2.24, 2.45) is 0 Å². The summed E-state index contributed by atoms with van der Waals surface area (Å²) >= 11 is 12.2. The van der Waals surface area contributed by atoms with Gasteiger partial charge in [-0.2, -0.15) is 0 Å². The number of carbonyl (C=O) groups excluding carboxylic acids is 1. The molecule has 1 heterocycles. The maximum absolute atomic E-state index is 12.2. The summed E-state index contributed by atoms with van der Waals surface area (Å²) in [6.07, 6.45) is 0.846. The third kappa shape index (κ3) is 4.56. The number of aromatic nitrogens is 2. The van der Waals surface area contributed by atoms with Crippen LogP contribution in [0.5, 0.6) is 0 Å². The Balaban J connectivity index is 2.27. The molecular weight excluding hydrogens is 335 g/mol.